The summed E-state index contributed by atoms with van der Waals surface area (Å²) in [5.74, 6) is -0.234. The van der Waals surface area contributed by atoms with Crippen molar-refractivity contribution in [3.8, 4) is 0 Å². The monoisotopic (exact) mass is 321 g/mol. The molecule has 0 bridgehead atoms. The summed E-state index contributed by atoms with van der Waals surface area (Å²) in [6.07, 6.45) is 3.35. The molecule has 2 amide bonds. The number of carbonyl (C=O) groups is 2. The lowest BCUT2D eigenvalue weighted by Gasteiger charge is -2.23. The van der Waals surface area contributed by atoms with Crippen LogP contribution in [0.4, 0.5) is 5.82 Å². The van der Waals surface area contributed by atoms with Gasteiger partial charge in [0.1, 0.15) is 11.9 Å². The van der Waals surface area contributed by atoms with Crippen molar-refractivity contribution < 1.29 is 9.59 Å². The molecule has 8 heteroatoms. The van der Waals surface area contributed by atoms with Crippen molar-refractivity contribution >= 4 is 29.0 Å². The number of aromatic nitrogens is 2. The molecule has 7 nitrogen and oxygen atoms in total. The van der Waals surface area contributed by atoms with E-state index in [2.05, 4.69) is 20.6 Å². The van der Waals surface area contributed by atoms with Gasteiger partial charge in [0.05, 0.1) is 18.1 Å². The first kappa shape index (κ1) is 16.2. The summed E-state index contributed by atoms with van der Waals surface area (Å²) in [6.45, 7) is 3.19. The fourth-order valence-corrected chi connectivity index (χ4v) is 2.42. The molecule has 1 atom stereocenters. The van der Waals surface area contributed by atoms with Crippen LogP contribution >= 0.6 is 11.3 Å². The number of hydrogen-bond donors (Lipinski definition) is 4. The van der Waals surface area contributed by atoms with Crippen LogP contribution in [0.3, 0.4) is 0 Å². The van der Waals surface area contributed by atoms with Crippen LogP contribution in [-0.2, 0) is 16.0 Å². The third-order valence-electron chi connectivity index (χ3n) is 2.98. The van der Waals surface area contributed by atoms with E-state index in [9.17, 15) is 9.59 Å². The second-order valence-corrected chi connectivity index (χ2v) is 6.32. The quantitative estimate of drug-likeness (QED) is 0.632. The summed E-state index contributed by atoms with van der Waals surface area (Å²) >= 11 is 1.54. The first-order valence-electron chi connectivity index (χ1n) is 6.76. The van der Waals surface area contributed by atoms with E-state index >= 15 is 0 Å². The fourth-order valence-electron chi connectivity index (χ4n) is 1.74. The summed E-state index contributed by atoms with van der Waals surface area (Å²) in [6, 6.07) is 1.20. The van der Waals surface area contributed by atoms with E-state index in [-0.39, 0.29) is 11.8 Å². The van der Waals surface area contributed by atoms with Gasteiger partial charge in [0, 0.05) is 6.42 Å². The average molecular weight is 321 g/mol. The number of nitrogens with zero attached hydrogens (tertiary/aromatic N) is 1. The smallest absolute Gasteiger partial charge is 0.248 e. The predicted octanol–water partition coefficient (Wildman–Crippen LogP) is 0.874. The van der Waals surface area contributed by atoms with Gasteiger partial charge >= 0.3 is 0 Å². The first-order valence-corrected chi connectivity index (χ1v) is 7.70. The standard InChI is InChI=1S/C14H19N5O2S/c1-14(2,15)13(21)18-10(5-9-3-4-22-7-9)12(20)19-11-6-16-8-17-11/h3-4,6-8,10H,5,15H2,1-2H3,(H,16,17)(H,18,21)(H,19,20). The SMILES string of the molecule is CC(C)(N)C(=O)NC(Cc1ccsc1)C(=O)Nc1cnc[nH]1. The molecular weight excluding hydrogens is 302 g/mol. The molecule has 0 aliphatic carbocycles. The maximum Gasteiger partial charge on any atom is 0.248 e. The lowest BCUT2D eigenvalue weighted by Crippen LogP contribution is -2.55. The number of anilines is 1. The van der Waals surface area contributed by atoms with Crippen molar-refractivity contribution in [1.29, 1.82) is 0 Å². The van der Waals surface area contributed by atoms with Gasteiger partial charge in [0.25, 0.3) is 0 Å². The topological polar surface area (TPSA) is 113 Å². The molecule has 5 N–H and O–H groups in total. The maximum absolute atomic E-state index is 12.4. The van der Waals surface area contributed by atoms with Gasteiger partial charge in [-0.1, -0.05) is 0 Å². The number of carbonyl (C=O) groups excluding carboxylic acids is 2. The molecule has 0 aliphatic rings. The molecule has 0 aliphatic heterocycles. The Bertz CT molecular complexity index is 616. The lowest BCUT2D eigenvalue weighted by atomic mass is 10.0. The van der Waals surface area contributed by atoms with E-state index in [0.717, 1.165) is 5.56 Å². The molecule has 0 radical (unpaired) electrons. The van der Waals surface area contributed by atoms with E-state index in [4.69, 9.17) is 5.73 Å². The Hall–Kier alpha value is -2.19. The lowest BCUT2D eigenvalue weighted by molar-refractivity contribution is -0.129. The highest BCUT2D eigenvalue weighted by atomic mass is 32.1. The molecule has 2 aromatic heterocycles. The Kier molecular flexibility index (Phi) is 4.94. The molecule has 22 heavy (non-hydrogen) atoms. The van der Waals surface area contributed by atoms with Gasteiger partial charge in [-0.05, 0) is 36.2 Å². The van der Waals surface area contributed by atoms with Crippen LogP contribution < -0.4 is 16.4 Å². The highest BCUT2D eigenvalue weighted by molar-refractivity contribution is 7.07. The number of nitrogens with one attached hydrogen (secondary N) is 3. The molecular formula is C14H19N5O2S. The minimum atomic E-state index is -1.05. The fraction of sp³-hybridized carbons (Fsp3) is 0.357. The van der Waals surface area contributed by atoms with Gasteiger partial charge in [0.15, 0.2) is 0 Å². The van der Waals surface area contributed by atoms with Gasteiger partial charge in [-0.25, -0.2) is 4.98 Å². The van der Waals surface area contributed by atoms with E-state index in [1.165, 1.54) is 23.9 Å². The zero-order chi connectivity index (χ0) is 16.2. The molecule has 2 aromatic rings. The molecule has 118 valence electrons. The minimum absolute atomic E-state index is 0.326. The van der Waals surface area contributed by atoms with Crippen molar-refractivity contribution in [3.63, 3.8) is 0 Å². The van der Waals surface area contributed by atoms with Crippen molar-refractivity contribution in [2.75, 3.05) is 5.32 Å². The largest absolute Gasteiger partial charge is 0.342 e. The van der Waals surface area contributed by atoms with Gasteiger partial charge in [0.2, 0.25) is 11.8 Å². The zero-order valence-corrected chi connectivity index (χ0v) is 13.2. The van der Waals surface area contributed by atoms with Crippen LogP contribution in [0, 0.1) is 0 Å². The summed E-state index contributed by atoms with van der Waals surface area (Å²) < 4.78 is 0. The third kappa shape index (κ3) is 4.40. The third-order valence-corrected chi connectivity index (χ3v) is 3.72. The number of H-pyrrole nitrogens is 1. The Labute approximate surface area is 132 Å². The highest BCUT2D eigenvalue weighted by Gasteiger charge is 2.28. The molecule has 0 aromatic carbocycles. The van der Waals surface area contributed by atoms with Crippen LogP contribution in [0.1, 0.15) is 19.4 Å². The number of imidazole rings is 1. The molecule has 0 saturated carbocycles. The molecule has 1 unspecified atom stereocenters. The molecule has 0 saturated heterocycles. The van der Waals surface area contributed by atoms with Gasteiger partial charge < -0.3 is 21.4 Å². The Morgan fingerprint density at radius 2 is 2.27 bits per heavy atom. The predicted molar refractivity (Wildman–Crippen MR) is 85.4 cm³/mol. The maximum atomic E-state index is 12.4. The average Bonchev–Trinajstić information content (AvgIpc) is 3.09. The summed E-state index contributed by atoms with van der Waals surface area (Å²) in [5.41, 5.74) is 5.70. The second kappa shape index (κ2) is 6.71. The van der Waals surface area contributed by atoms with E-state index in [1.54, 1.807) is 13.8 Å². The first-order chi connectivity index (χ1) is 10.4. The van der Waals surface area contributed by atoms with E-state index in [1.807, 2.05) is 16.8 Å². The molecule has 2 heterocycles. The number of hydrogen-bond acceptors (Lipinski definition) is 5. The van der Waals surface area contributed by atoms with Crippen LogP contribution in [0.25, 0.3) is 0 Å². The summed E-state index contributed by atoms with van der Waals surface area (Å²) in [4.78, 5) is 31.1. The molecule has 2 rings (SSSR count). The van der Waals surface area contributed by atoms with Gasteiger partial charge in [-0.2, -0.15) is 11.3 Å². The van der Waals surface area contributed by atoms with Crippen LogP contribution in [-0.4, -0.2) is 33.4 Å². The second-order valence-electron chi connectivity index (χ2n) is 5.54. The van der Waals surface area contributed by atoms with Crippen LogP contribution in [0.15, 0.2) is 29.4 Å². The molecule has 0 fully saturated rings. The summed E-state index contributed by atoms with van der Waals surface area (Å²) in [7, 11) is 0. The number of amides is 2. The number of aromatic amines is 1. The Morgan fingerprint density at radius 3 is 2.82 bits per heavy atom. The Morgan fingerprint density at radius 1 is 1.50 bits per heavy atom. The van der Waals surface area contributed by atoms with Crippen molar-refractivity contribution in [2.24, 2.45) is 5.73 Å². The van der Waals surface area contributed by atoms with Crippen molar-refractivity contribution in [3.05, 3.63) is 34.9 Å². The molecule has 0 spiro atoms. The van der Waals surface area contributed by atoms with Crippen LogP contribution in [0.5, 0.6) is 0 Å². The highest BCUT2D eigenvalue weighted by Crippen LogP contribution is 2.11. The van der Waals surface area contributed by atoms with Gasteiger partial charge in [-0.3, -0.25) is 9.59 Å². The van der Waals surface area contributed by atoms with Gasteiger partial charge in [-0.15, -0.1) is 0 Å². The van der Waals surface area contributed by atoms with E-state index in [0.29, 0.717) is 12.2 Å². The normalized spacial score (nSPS) is 12.7. The number of nitrogens with two attached hydrogens (primary N) is 1. The minimum Gasteiger partial charge on any atom is -0.342 e. The number of thiophene rings is 1. The van der Waals surface area contributed by atoms with Crippen LogP contribution in [0.2, 0.25) is 0 Å². The summed E-state index contributed by atoms with van der Waals surface area (Å²) in [5, 5.41) is 9.25. The zero-order valence-electron chi connectivity index (χ0n) is 12.4. The van der Waals surface area contributed by atoms with E-state index < -0.39 is 11.6 Å². The van der Waals surface area contributed by atoms with Crippen molar-refractivity contribution in [1.82, 2.24) is 15.3 Å². The number of rotatable bonds is 6. The Balaban J connectivity index is 2.10. The van der Waals surface area contributed by atoms with Crippen molar-refractivity contribution in [2.45, 2.75) is 31.8 Å².